The molecule has 5 heteroatoms. The molecule has 0 bridgehead atoms. The number of hydrogen-bond acceptors (Lipinski definition) is 3. The molecule has 130 valence electrons. The van der Waals surface area contributed by atoms with Gasteiger partial charge >= 0.3 is 0 Å². The van der Waals surface area contributed by atoms with Crippen molar-refractivity contribution in [1.82, 2.24) is 15.5 Å². The Hall–Kier alpha value is -1.85. The van der Waals surface area contributed by atoms with Gasteiger partial charge in [-0.15, -0.1) is 11.3 Å². The zero-order chi connectivity index (χ0) is 17.2. The summed E-state index contributed by atoms with van der Waals surface area (Å²) in [6.45, 7) is 4.58. The maximum Gasteiger partial charge on any atom is 0.191 e. The van der Waals surface area contributed by atoms with Crippen LogP contribution >= 0.6 is 11.3 Å². The lowest BCUT2D eigenvalue weighted by Gasteiger charge is -2.22. The van der Waals surface area contributed by atoms with Crippen molar-refractivity contribution < 1.29 is 0 Å². The summed E-state index contributed by atoms with van der Waals surface area (Å²) in [7, 11) is 4.21. The van der Waals surface area contributed by atoms with Gasteiger partial charge in [0, 0.05) is 18.0 Å². The minimum absolute atomic E-state index is 0.314. The van der Waals surface area contributed by atoms with E-state index in [1.165, 1.54) is 10.4 Å². The summed E-state index contributed by atoms with van der Waals surface area (Å²) >= 11 is 1.79. The van der Waals surface area contributed by atoms with E-state index >= 15 is 0 Å². The topological polar surface area (TPSA) is 39.7 Å². The van der Waals surface area contributed by atoms with Crippen molar-refractivity contribution in [2.75, 3.05) is 33.7 Å². The van der Waals surface area contributed by atoms with Gasteiger partial charge in [0.05, 0.1) is 12.6 Å². The van der Waals surface area contributed by atoms with Crippen molar-refractivity contribution >= 4 is 17.3 Å². The van der Waals surface area contributed by atoms with Crippen LogP contribution in [0.3, 0.4) is 0 Å². The van der Waals surface area contributed by atoms with Crippen molar-refractivity contribution in [2.24, 2.45) is 4.99 Å². The fourth-order valence-corrected chi connectivity index (χ4v) is 3.39. The van der Waals surface area contributed by atoms with Crippen molar-refractivity contribution in [1.29, 1.82) is 0 Å². The molecule has 1 aromatic carbocycles. The monoisotopic (exact) mass is 344 g/mol. The molecule has 0 aliphatic rings. The van der Waals surface area contributed by atoms with Crippen LogP contribution in [-0.2, 0) is 6.42 Å². The van der Waals surface area contributed by atoms with E-state index in [0.717, 1.165) is 32.0 Å². The van der Waals surface area contributed by atoms with Gasteiger partial charge in [-0.05, 0) is 44.4 Å². The van der Waals surface area contributed by atoms with Gasteiger partial charge in [-0.25, -0.2) is 0 Å². The smallest absolute Gasteiger partial charge is 0.191 e. The molecular weight excluding hydrogens is 316 g/mol. The van der Waals surface area contributed by atoms with Crippen LogP contribution in [0.5, 0.6) is 0 Å². The van der Waals surface area contributed by atoms with E-state index in [4.69, 9.17) is 4.99 Å². The molecule has 4 nitrogen and oxygen atoms in total. The van der Waals surface area contributed by atoms with Gasteiger partial charge in [0.2, 0.25) is 0 Å². The number of rotatable bonds is 8. The van der Waals surface area contributed by atoms with Crippen LogP contribution < -0.4 is 10.6 Å². The molecule has 0 aliphatic heterocycles. The van der Waals surface area contributed by atoms with Crippen LogP contribution in [0.15, 0.2) is 52.8 Å². The molecule has 0 amide bonds. The molecule has 1 unspecified atom stereocenters. The number of nitrogens with zero attached hydrogens (tertiary/aromatic N) is 2. The Balaban J connectivity index is 1.91. The first kappa shape index (κ1) is 18.5. The Bertz CT molecular complexity index is 593. The Morgan fingerprint density at radius 1 is 1.12 bits per heavy atom. The Labute approximate surface area is 149 Å². The molecule has 2 rings (SSSR count). The predicted octanol–water partition coefficient (Wildman–Crippen LogP) is 3.15. The SMILES string of the molecule is CCNC(=NCC(c1cccs1)N(C)C)NCCc1ccccc1. The average Bonchev–Trinajstić information content (AvgIpc) is 3.10. The quantitative estimate of drug-likeness (QED) is 0.571. The molecule has 2 aromatic rings. The Kier molecular flexibility index (Phi) is 7.79. The molecule has 1 aromatic heterocycles. The van der Waals surface area contributed by atoms with Gasteiger partial charge in [-0.1, -0.05) is 36.4 Å². The van der Waals surface area contributed by atoms with Crippen LogP contribution in [0.4, 0.5) is 0 Å². The fourth-order valence-electron chi connectivity index (χ4n) is 2.48. The predicted molar refractivity (Wildman–Crippen MR) is 105 cm³/mol. The summed E-state index contributed by atoms with van der Waals surface area (Å²) in [5.74, 6) is 0.886. The highest BCUT2D eigenvalue weighted by Gasteiger charge is 2.14. The number of hydrogen-bond donors (Lipinski definition) is 2. The normalized spacial score (nSPS) is 13.1. The second-order valence-electron chi connectivity index (χ2n) is 5.88. The Morgan fingerprint density at radius 2 is 1.92 bits per heavy atom. The largest absolute Gasteiger partial charge is 0.357 e. The summed E-state index contributed by atoms with van der Waals surface area (Å²) in [5, 5.41) is 8.89. The van der Waals surface area contributed by atoms with E-state index in [9.17, 15) is 0 Å². The molecule has 24 heavy (non-hydrogen) atoms. The van der Waals surface area contributed by atoms with Crippen LogP contribution in [0.2, 0.25) is 0 Å². The van der Waals surface area contributed by atoms with Crippen LogP contribution in [0.1, 0.15) is 23.4 Å². The zero-order valence-electron chi connectivity index (χ0n) is 14.8. The number of benzene rings is 1. The third-order valence-corrected chi connectivity index (χ3v) is 4.78. The standard InChI is InChI=1S/C19H28N4S/c1-4-20-19(21-13-12-16-9-6-5-7-10-16)22-15-17(23(2)3)18-11-8-14-24-18/h5-11,14,17H,4,12-13,15H2,1-3H3,(H2,20,21,22). The van der Waals surface area contributed by atoms with Crippen LogP contribution in [-0.4, -0.2) is 44.6 Å². The number of nitrogens with one attached hydrogen (secondary N) is 2. The van der Waals surface area contributed by atoms with Gasteiger partial charge in [-0.2, -0.15) is 0 Å². The van der Waals surface area contributed by atoms with Gasteiger partial charge in [-0.3, -0.25) is 4.99 Å². The third kappa shape index (κ3) is 5.98. The molecule has 0 saturated carbocycles. The lowest BCUT2D eigenvalue weighted by molar-refractivity contribution is 0.310. The van der Waals surface area contributed by atoms with E-state index < -0.39 is 0 Å². The van der Waals surface area contributed by atoms with E-state index in [0.29, 0.717) is 6.04 Å². The highest BCUT2D eigenvalue weighted by Crippen LogP contribution is 2.23. The molecular formula is C19H28N4S. The first-order valence-corrected chi connectivity index (χ1v) is 9.34. The molecule has 0 spiro atoms. The summed E-state index contributed by atoms with van der Waals surface area (Å²) in [6, 6.07) is 15.1. The lowest BCUT2D eigenvalue weighted by Crippen LogP contribution is -2.39. The molecule has 1 atom stereocenters. The van der Waals surface area contributed by atoms with E-state index in [2.05, 4.69) is 84.4 Å². The van der Waals surface area contributed by atoms with Gasteiger partial charge in [0.15, 0.2) is 5.96 Å². The third-order valence-electron chi connectivity index (χ3n) is 3.81. The zero-order valence-corrected chi connectivity index (χ0v) is 15.6. The van der Waals surface area contributed by atoms with Crippen molar-refractivity contribution in [3.63, 3.8) is 0 Å². The fraction of sp³-hybridized carbons (Fsp3) is 0.421. The van der Waals surface area contributed by atoms with Gasteiger partial charge in [0.1, 0.15) is 0 Å². The van der Waals surface area contributed by atoms with Gasteiger partial charge in [0.25, 0.3) is 0 Å². The second-order valence-corrected chi connectivity index (χ2v) is 6.86. The molecule has 0 saturated heterocycles. The minimum atomic E-state index is 0.314. The van der Waals surface area contributed by atoms with Crippen LogP contribution in [0, 0.1) is 0 Å². The molecule has 0 radical (unpaired) electrons. The lowest BCUT2D eigenvalue weighted by atomic mass is 10.1. The van der Waals surface area contributed by atoms with E-state index in [1.807, 2.05) is 0 Å². The number of aliphatic imine (C=N–C) groups is 1. The maximum absolute atomic E-state index is 4.78. The van der Waals surface area contributed by atoms with Crippen LogP contribution in [0.25, 0.3) is 0 Å². The Morgan fingerprint density at radius 3 is 2.54 bits per heavy atom. The summed E-state index contributed by atoms with van der Waals surface area (Å²) in [5.41, 5.74) is 1.34. The summed E-state index contributed by atoms with van der Waals surface area (Å²) < 4.78 is 0. The van der Waals surface area contributed by atoms with Gasteiger partial charge < -0.3 is 15.5 Å². The van der Waals surface area contributed by atoms with Crippen molar-refractivity contribution in [3.05, 3.63) is 58.3 Å². The number of thiophene rings is 1. The summed E-state index contributed by atoms with van der Waals surface area (Å²) in [4.78, 5) is 8.36. The first-order chi connectivity index (χ1) is 11.7. The number of likely N-dealkylation sites (N-methyl/N-ethyl adjacent to an activating group) is 1. The molecule has 1 heterocycles. The van der Waals surface area contributed by atoms with E-state index in [1.54, 1.807) is 11.3 Å². The highest BCUT2D eigenvalue weighted by molar-refractivity contribution is 7.10. The highest BCUT2D eigenvalue weighted by atomic mass is 32.1. The molecule has 0 aliphatic carbocycles. The summed E-state index contributed by atoms with van der Waals surface area (Å²) in [6.07, 6.45) is 0.993. The maximum atomic E-state index is 4.78. The van der Waals surface area contributed by atoms with Crippen molar-refractivity contribution in [2.45, 2.75) is 19.4 Å². The average molecular weight is 345 g/mol. The molecule has 2 N–H and O–H groups in total. The first-order valence-electron chi connectivity index (χ1n) is 8.46. The minimum Gasteiger partial charge on any atom is -0.357 e. The van der Waals surface area contributed by atoms with Crippen molar-refractivity contribution in [3.8, 4) is 0 Å². The number of guanidine groups is 1. The van der Waals surface area contributed by atoms with E-state index in [-0.39, 0.29) is 0 Å². The second kappa shape index (κ2) is 10.1. The molecule has 0 fully saturated rings.